The molecule has 3 rings (SSSR count). The van der Waals surface area contributed by atoms with Crippen molar-refractivity contribution in [3.63, 3.8) is 0 Å². The third-order valence-electron chi connectivity index (χ3n) is 4.40. The second-order valence-corrected chi connectivity index (χ2v) is 6.98. The molecule has 98 valence electrons. The molecule has 0 radical (unpaired) electrons. The Balaban J connectivity index is 1.49. The summed E-state index contributed by atoms with van der Waals surface area (Å²) >= 11 is 1.73. The summed E-state index contributed by atoms with van der Waals surface area (Å²) in [7, 11) is 1.94. The van der Waals surface area contributed by atoms with Gasteiger partial charge in [-0.1, -0.05) is 6.42 Å². The van der Waals surface area contributed by atoms with Crippen LogP contribution in [-0.2, 0) is 11.2 Å². The standard InChI is InChI=1S/C14H20N2OS/c1-9-8-15-12(18-9)6-7-16(2)14(17)13-10-4-3-5-11(10)13/h8,10-11,13H,3-7H2,1-2H3/t10-,11+,13?. The van der Waals surface area contributed by atoms with E-state index in [1.807, 2.05) is 18.1 Å². The number of hydrogen-bond donors (Lipinski definition) is 0. The summed E-state index contributed by atoms with van der Waals surface area (Å²) in [6.07, 6.45) is 6.69. The number of aryl methyl sites for hydroxylation is 1. The van der Waals surface area contributed by atoms with Crippen molar-refractivity contribution < 1.29 is 4.79 Å². The van der Waals surface area contributed by atoms with Gasteiger partial charge in [-0.2, -0.15) is 0 Å². The Morgan fingerprint density at radius 3 is 2.83 bits per heavy atom. The van der Waals surface area contributed by atoms with E-state index in [4.69, 9.17) is 0 Å². The fourth-order valence-corrected chi connectivity index (χ4v) is 4.11. The molecular formula is C14H20N2OS. The van der Waals surface area contributed by atoms with Crippen LogP contribution in [0, 0.1) is 24.7 Å². The highest BCUT2D eigenvalue weighted by Crippen LogP contribution is 2.57. The molecule has 2 aliphatic carbocycles. The van der Waals surface area contributed by atoms with Crippen molar-refractivity contribution in [1.29, 1.82) is 0 Å². The van der Waals surface area contributed by atoms with Crippen LogP contribution in [0.15, 0.2) is 6.20 Å². The highest BCUT2D eigenvalue weighted by molar-refractivity contribution is 7.11. The molecule has 1 aromatic rings. The Labute approximate surface area is 112 Å². The van der Waals surface area contributed by atoms with Crippen molar-refractivity contribution in [3.8, 4) is 0 Å². The number of amides is 1. The lowest BCUT2D eigenvalue weighted by Gasteiger charge is -2.17. The molecule has 0 spiro atoms. The summed E-state index contributed by atoms with van der Waals surface area (Å²) < 4.78 is 0. The van der Waals surface area contributed by atoms with Crippen molar-refractivity contribution in [2.75, 3.05) is 13.6 Å². The largest absolute Gasteiger partial charge is 0.345 e. The van der Waals surface area contributed by atoms with Crippen LogP contribution in [0.3, 0.4) is 0 Å². The molecule has 18 heavy (non-hydrogen) atoms. The normalized spacial score (nSPS) is 29.1. The minimum atomic E-state index is 0.363. The third-order valence-corrected chi connectivity index (χ3v) is 5.37. The van der Waals surface area contributed by atoms with Gasteiger partial charge in [0.1, 0.15) is 0 Å². The average Bonchev–Trinajstić information content (AvgIpc) is 2.73. The zero-order valence-corrected chi connectivity index (χ0v) is 11.9. The van der Waals surface area contributed by atoms with Gasteiger partial charge in [0.2, 0.25) is 5.91 Å². The van der Waals surface area contributed by atoms with Crippen molar-refractivity contribution in [2.45, 2.75) is 32.6 Å². The van der Waals surface area contributed by atoms with E-state index >= 15 is 0 Å². The monoisotopic (exact) mass is 264 g/mol. The van der Waals surface area contributed by atoms with Gasteiger partial charge in [-0.05, 0) is 31.6 Å². The molecule has 1 unspecified atom stereocenters. The number of thiazole rings is 1. The topological polar surface area (TPSA) is 33.2 Å². The highest BCUT2D eigenvalue weighted by atomic mass is 32.1. The lowest BCUT2D eigenvalue weighted by atomic mass is 10.1. The van der Waals surface area contributed by atoms with Gasteiger partial charge >= 0.3 is 0 Å². The smallest absolute Gasteiger partial charge is 0.226 e. The maximum absolute atomic E-state index is 12.3. The summed E-state index contributed by atoms with van der Waals surface area (Å²) in [5, 5.41) is 1.14. The number of carbonyl (C=O) groups is 1. The van der Waals surface area contributed by atoms with Gasteiger partial charge in [0.25, 0.3) is 0 Å². The van der Waals surface area contributed by atoms with Gasteiger partial charge in [0, 0.05) is 37.0 Å². The van der Waals surface area contributed by atoms with E-state index in [9.17, 15) is 4.79 Å². The summed E-state index contributed by atoms with van der Waals surface area (Å²) in [6, 6.07) is 0. The number of rotatable bonds is 4. The second-order valence-electron chi connectivity index (χ2n) is 5.66. The van der Waals surface area contributed by atoms with Gasteiger partial charge in [-0.25, -0.2) is 4.98 Å². The van der Waals surface area contributed by atoms with Crippen molar-refractivity contribution in [2.24, 2.45) is 17.8 Å². The summed E-state index contributed by atoms with van der Waals surface area (Å²) in [5.74, 6) is 2.18. The van der Waals surface area contributed by atoms with Crippen molar-refractivity contribution in [1.82, 2.24) is 9.88 Å². The van der Waals surface area contributed by atoms with Crippen molar-refractivity contribution in [3.05, 3.63) is 16.1 Å². The summed E-state index contributed by atoms with van der Waals surface area (Å²) in [6.45, 7) is 2.88. The molecule has 1 aromatic heterocycles. The molecule has 0 N–H and O–H groups in total. The maximum atomic E-state index is 12.3. The predicted octanol–water partition coefficient (Wildman–Crippen LogP) is 2.50. The third kappa shape index (κ3) is 2.18. The molecule has 2 saturated carbocycles. The SMILES string of the molecule is Cc1cnc(CCN(C)C(=O)C2[C@H]3CCC[C@@H]23)s1. The molecule has 1 amide bonds. The lowest BCUT2D eigenvalue weighted by Crippen LogP contribution is -2.31. The van der Waals surface area contributed by atoms with Crippen LogP contribution in [0.25, 0.3) is 0 Å². The number of hydrogen-bond acceptors (Lipinski definition) is 3. The molecule has 1 heterocycles. The molecule has 0 aromatic carbocycles. The molecular weight excluding hydrogens is 244 g/mol. The van der Waals surface area contributed by atoms with Crippen LogP contribution in [0.1, 0.15) is 29.1 Å². The Morgan fingerprint density at radius 2 is 2.22 bits per heavy atom. The summed E-state index contributed by atoms with van der Waals surface area (Å²) in [5.41, 5.74) is 0. The summed E-state index contributed by atoms with van der Waals surface area (Å²) in [4.78, 5) is 19.8. The molecule has 0 saturated heterocycles. The fraction of sp³-hybridized carbons (Fsp3) is 0.714. The van der Waals surface area contributed by atoms with Crippen LogP contribution in [0.5, 0.6) is 0 Å². The van der Waals surface area contributed by atoms with Gasteiger partial charge < -0.3 is 4.90 Å². The van der Waals surface area contributed by atoms with Crippen LogP contribution in [-0.4, -0.2) is 29.4 Å². The van der Waals surface area contributed by atoms with Gasteiger partial charge in [-0.15, -0.1) is 11.3 Å². The van der Waals surface area contributed by atoms with E-state index in [1.165, 1.54) is 24.1 Å². The van der Waals surface area contributed by atoms with Crippen LogP contribution in [0.4, 0.5) is 0 Å². The van der Waals surface area contributed by atoms with Gasteiger partial charge in [0.05, 0.1) is 5.01 Å². The number of aromatic nitrogens is 1. The minimum Gasteiger partial charge on any atom is -0.345 e. The van der Waals surface area contributed by atoms with Gasteiger partial charge in [0.15, 0.2) is 0 Å². The Bertz CT molecular complexity index is 446. The van der Waals surface area contributed by atoms with E-state index in [1.54, 1.807) is 11.3 Å². The van der Waals surface area contributed by atoms with E-state index in [0.29, 0.717) is 11.8 Å². The van der Waals surface area contributed by atoms with Crippen molar-refractivity contribution >= 4 is 17.2 Å². The lowest BCUT2D eigenvalue weighted by molar-refractivity contribution is -0.132. The molecule has 3 nitrogen and oxygen atoms in total. The molecule has 4 heteroatoms. The molecule has 0 aliphatic heterocycles. The zero-order valence-electron chi connectivity index (χ0n) is 11.1. The fourth-order valence-electron chi connectivity index (χ4n) is 3.33. The Kier molecular flexibility index (Phi) is 3.14. The quantitative estimate of drug-likeness (QED) is 0.837. The van der Waals surface area contributed by atoms with E-state index in [-0.39, 0.29) is 0 Å². The molecule has 2 fully saturated rings. The second kappa shape index (κ2) is 4.65. The predicted molar refractivity (Wildman–Crippen MR) is 72.5 cm³/mol. The minimum absolute atomic E-state index is 0.363. The average molecular weight is 264 g/mol. The molecule has 0 bridgehead atoms. The Morgan fingerprint density at radius 1 is 1.50 bits per heavy atom. The first-order chi connectivity index (χ1) is 8.66. The van der Waals surface area contributed by atoms with E-state index in [2.05, 4.69) is 11.9 Å². The number of nitrogens with zero attached hydrogens (tertiary/aromatic N) is 2. The van der Waals surface area contributed by atoms with Crippen LogP contribution in [0.2, 0.25) is 0 Å². The maximum Gasteiger partial charge on any atom is 0.226 e. The number of likely N-dealkylation sites (N-methyl/N-ethyl adjacent to an activating group) is 1. The molecule has 2 aliphatic rings. The Hall–Kier alpha value is -0.900. The number of fused-ring (bicyclic) bond motifs is 1. The zero-order chi connectivity index (χ0) is 12.7. The number of carbonyl (C=O) groups excluding carboxylic acids is 1. The van der Waals surface area contributed by atoms with E-state index < -0.39 is 0 Å². The first kappa shape index (κ1) is 12.2. The van der Waals surface area contributed by atoms with Crippen LogP contribution >= 0.6 is 11.3 Å². The first-order valence-corrected chi connectivity index (χ1v) is 7.65. The first-order valence-electron chi connectivity index (χ1n) is 6.83. The molecule has 3 atom stereocenters. The van der Waals surface area contributed by atoms with Crippen LogP contribution < -0.4 is 0 Å². The highest BCUT2D eigenvalue weighted by Gasteiger charge is 2.57. The van der Waals surface area contributed by atoms with Gasteiger partial charge in [-0.3, -0.25) is 4.79 Å². The van der Waals surface area contributed by atoms with E-state index in [0.717, 1.165) is 29.8 Å².